The van der Waals surface area contributed by atoms with Crippen LogP contribution >= 0.6 is 0 Å². The predicted molar refractivity (Wildman–Crippen MR) is 51.9 cm³/mol. The van der Waals surface area contributed by atoms with Gasteiger partial charge in [0.05, 0.1) is 18.6 Å². The molecule has 0 unspecified atom stereocenters. The Bertz CT molecular complexity index is 355. The SMILES string of the molecule is Cc1cc(OC(C)C)nc(CC#N)n1. The van der Waals surface area contributed by atoms with Gasteiger partial charge in [-0.1, -0.05) is 0 Å². The second kappa shape index (κ2) is 4.56. The highest BCUT2D eigenvalue weighted by molar-refractivity contribution is 5.16. The zero-order chi connectivity index (χ0) is 10.6. The molecule has 1 aromatic rings. The van der Waals surface area contributed by atoms with E-state index in [1.165, 1.54) is 0 Å². The monoisotopic (exact) mass is 191 g/mol. The highest BCUT2D eigenvalue weighted by atomic mass is 16.5. The molecule has 4 heteroatoms. The lowest BCUT2D eigenvalue weighted by Gasteiger charge is -2.09. The van der Waals surface area contributed by atoms with Crippen LogP contribution in [-0.2, 0) is 6.42 Å². The number of hydrogen-bond donors (Lipinski definition) is 0. The van der Waals surface area contributed by atoms with E-state index in [0.717, 1.165) is 5.69 Å². The van der Waals surface area contributed by atoms with Gasteiger partial charge in [0, 0.05) is 11.8 Å². The van der Waals surface area contributed by atoms with Crippen molar-refractivity contribution in [3.8, 4) is 11.9 Å². The van der Waals surface area contributed by atoms with E-state index in [4.69, 9.17) is 10.00 Å². The molecular weight excluding hydrogens is 178 g/mol. The van der Waals surface area contributed by atoms with E-state index in [2.05, 4.69) is 9.97 Å². The van der Waals surface area contributed by atoms with Crippen LogP contribution < -0.4 is 4.74 Å². The summed E-state index contributed by atoms with van der Waals surface area (Å²) < 4.78 is 5.42. The molecule has 0 aliphatic rings. The van der Waals surface area contributed by atoms with Crippen molar-refractivity contribution >= 4 is 0 Å². The van der Waals surface area contributed by atoms with Crippen molar-refractivity contribution in [3.63, 3.8) is 0 Å². The summed E-state index contributed by atoms with van der Waals surface area (Å²) in [5.74, 6) is 1.06. The molecular formula is C10H13N3O. The molecule has 0 fully saturated rings. The Kier molecular flexibility index (Phi) is 3.41. The third kappa shape index (κ3) is 3.02. The zero-order valence-electron chi connectivity index (χ0n) is 8.61. The van der Waals surface area contributed by atoms with Crippen molar-refractivity contribution in [2.45, 2.75) is 33.3 Å². The van der Waals surface area contributed by atoms with Crippen LogP contribution in [-0.4, -0.2) is 16.1 Å². The summed E-state index contributed by atoms with van der Waals surface area (Å²) in [5.41, 5.74) is 0.820. The summed E-state index contributed by atoms with van der Waals surface area (Å²) >= 11 is 0. The van der Waals surface area contributed by atoms with E-state index in [0.29, 0.717) is 11.7 Å². The smallest absolute Gasteiger partial charge is 0.217 e. The van der Waals surface area contributed by atoms with Gasteiger partial charge in [-0.25, -0.2) is 4.98 Å². The van der Waals surface area contributed by atoms with Crippen LogP contribution in [0.5, 0.6) is 5.88 Å². The molecule has 4 nitrogen and oxygen atoms in total. The summed E-state index contributed by atoms with van der Waals surface area (Å²) in [6.07, 6.45) is 0.301. The first-order chi connectivity index (χ1) is 6.61. The van der Waals surface area contributed by atoms with Gasteiger partial charge < -0.3 is 4.74 Å². The summed E-state index contributed by atoms with van der Waals surface area (Å²) in [7, 11) is 0. The average Bonchev–Trinajstić information content (AvgIpc) is 2.01. The van der Waals surface area contributed by atoms with Crippen molar-refractivity contribution in [1.82, 2.24) is 9.97 Å². The summed E-state index contributed by atoms with van der Waals surface area (Å²) in [6.45, 7) is 5.72. The van der Waals surface area contributed by atoms with Crippen LogP contribution in [0, 0.1) is 18.3 Å². The molecule has 0 aliphatic carbocycles. The lowest BCUT2D eigenvalue weighted by molar-refractivity contribution is 0.231. The molecule has 0 saturated heterocycles. The molecule has 1 heterocycles. The number of aromatic nitrogens is 2. The third-order valence-electron chi connectivity index (χ3n) is 1.47. The molecule has 0 radical (unpaired) electrons. The second-order valence-corrected chi connectivity index (χ2v) is 3.27. The minimum absolute atomic E-state index is 0.0826. The first-order valence-corrected chi connectivity index (χ1v) is 4.50. The van der Waals surface area contributed by atoms with E-state index in [1.807, 2.05) is 26.8 Å². The van der Waals surface area contributed by atoms with E-state index < -0.39 is 0 Å². The molecule has 0 aromatic carbocycles. The molecule has 1 rings (SSSR count). The van der Waals surface area contributed by atoms with Crippen LogP contribution in [0.1, 0.15) is 25.4 Å². The standard InChI is InChI=1S/C10H13N3O/c1-7(2)14-10-6-8(3)12-9(13-10)4-5-11/h6-7H,4H2,1-3H3. The second-order valence-electron chi connectivity index (χ2n) is 3.27. The Labute approximate surface area is 83.6 Å². The molecule has 74 valence electrons. The first kappa shape index (κ1) is 10.5. The van der Waals surface area contributed by atoms with E-state index in [-0.39, 0.29) is 12.5 Å². The van der Waals surface area contributed by atoms with Crippen molar-refractivity contribution in [3.05, 3.63) is 17.6 Å². The quantitative estimate of drug-likeness (QED) is 0.728. The normalized spacial score (nSPS) is 9.93. The summed E-state index contributed by atoms with van der Waals surface area (Å²) in [4.78, 5) is 8.22. The van der Waals surface area contributed by atoms with Crippen molar-refractivity contribution < 1.29 is 4.74 Å². The number of ether oxygens (including phenoxy) is 1. The molecule has 0 atom stereocenters. The molecule has 0 N–H and O–H groups in total. The number of hydrogen-bond acceptors (Lipinski definition) is 4. The lowest BCUT2D eigenvalue weighted by Crippen LogP contribution is -2.09. The Hall–Kier alpha value is -1.63. The molecule has 0 spiro atoms. The molecule has 0 saturated carbocycles. The fourth-order valence-electron chi connectivity index (χ4n) is 1.05. The molecule has 0 bridgehead atoms. The highest BCUT2D eigenvalue weighted by Crippen LogP contribution is 2.10. The largest absolute Gasteiger partial charge is 0.475 e. The van der Waals surface area contributed by atoms with Gasteiger partial charge in [-0.2, -0.15) is 10.2 Å². The van der Waals surface area contributed by atoms with Gasteiger partial charge in [0.25, 0.3) is 0 Å². The number of nitriles is 1. The van der Waals surface area contributed by atoms with Crippen molar-refractivity contribution in [2.24, 2.45) is 0 Å². The number of rotatable bonds is 3. The van der Waals surface area contributed by atoms with Crippen molar-refractivity contribution in [2.75, 3.05) is 0 Å². The van der Waals surface area contributed by atoms with Crippen LogP contribution in [0.15, 0.2) is 6.07 Å². The maximum absolute atomic E-state index is 8.51. The summed E-state index contributed by atoms with van der Waals surface area (Å²) in [6, 6.07) is 3.78. The Balaban J connectivity index is 2.90. The Morgan fingerprint density at radius 2 is 2.21 bits per heavy atom. The van der Waals surface area contributed by atoms with Crippen LogP contribution in [0.4, 0.5) is 0 Å². The van der Waals surface area contributed by atoms with Crippen LogP contribution in [0.3, 0.4) is 0 Å². The third-order valence-corrected chi connectivity index (χ3v) is 1.47. The van der Waals surface area contributed by atoms with Crippen molar-refractivity contribution in [1.29, 1.82) is 5.26 Å². The topological polar surface area (TPSA) is 58.8 Å². The Morgan fingerprint density at radius 1 is 1.50 bits per heavy atom. The maximum Gasteiger partial charge on any atom is 0.217 e. The van der Waals surface area contributed by atoms with Gasteiger partial charge in [-0.15, -0.1) is 0 Å². The summed E-state index contributed by atoms with van der Waals surface area (Å²) in [5, 5.41) is 8.51. The van der Waals surface area contributed by atoms with Crippen LogP contribution in [0.25, 0.3) is 0 Å². The lowest BCUT2D eigenvalue weighted by atomic mass is 10.4. The van der Waals surface area contributed by atoms with Gasteiger partial charge in [-0.05, 0) is 20.8 Å². The van der Waals surface area contributed by atoms with Gasteiger partial charge in [0.15, 0.2) is 0 Å². The minimum atomic E-state index is 0.0826. The predicted octanol–water partition coefficient (Wildman–Crippen LogP) is 1.64. The molecule has 1 aromatic heterocycles. The van der Waals surface area contributed by atoms with Gasteiger partial charge in [-0.3, -0.25) is 0 Å². The van der Waals surface area contributed by atoms with Gasteiger partial charge >= 0.3 is 0 Å². The van der Waals surface area contributed by atoms with E-state index in [9.17, 15) is 0 Å². The Morgan fingerprint density at radius 3 is 2.79 bits per heavy atom. The fraction of sp³-hybridized carbons (Fsp3) is 0.500. The number of nitrogens with zero attached hydrogens (tertiary/aromatic N) is 3. The zero-order valence-corrected chi connectivity index (χ0v) is 8.61. The molecule has 0 aliphatic heterocycles. The average molecular weight is 191 g/mol. The fourth-order valence-corrected chi connectivity index (χ4v) is 1.05. The van der Waals surface area contributed by atoms with Gasteiger partial charge in [0.1, 0.15) is 5.82 Å². The number of aryl methyl sites for hydroxylation is 1. The van der Waals surface area contributed by atoms with E-state index >= 15 is 0 Å². The molecule has 0 amide bonds. The van der Waals surface area contributed by atoms with Gasteiger partial charge in [0.2, 0.25) is 5.88 Å². The minimum Gasteiger partial charge on any atom is -0.475 e. The molecule has 14 heavy (non-hydrogen) atoms. The highest BCUT2D eigenvalue weighted by Gasteiger charge is 2.04. The first-order valence-electron chi connectivity index (χ1n) is 4.50. The maximum atomic E-state index is 8.51. The van der Waals surface area contributed by atoms with Crippen LogP contribution in [0.2, 0.25) is 0 Å². The van der Waals surface area contributed by atoms with E-state index in [1.54, 1.807) is 6.07 Å².